The van der Waals surface area contributed by atoms with Crippen LogP contribution in [0.2, 0.25) is 5.02 Å². The number of para-hydroxylation sites is 1. The quantitative estimate of drug-likeness (QED) is 0.519. The number of halogens is 1. The van der Waals surface area contributed by atoms with Crippen molar-refractivity contribution in [2.24, 2.45) is 17.8 Å². The second-order valence-electron chi connectivity index (χ2n) is 8.92. The maximum absolute atomic E-state index is 13.0. The van der Waals surface area contributed by atoms with Crippen LogP contribution in [0.25, 0.3) is 0 Å². The number of esters is 2. The summed E-state index contributed by atoms with van der Waals surface area (Å²) < 4.78 is 11.0. The molecule has 6 nitrogen and oxygen atoms in total. The van der Waals surface area contributed by atoms with E-state index >= 15 is 0 Å². The molecule has 1 fully saturated rings. The first-order valence-corrected chi connectivity index (χ1v) is 11.7. The molecule has 0 radical (unpaired) electrons. The van der Waals surface area contributed by atoms with Crippen molar-refractivity contribution in [1.82, 2.24) is 0 Å². The van der Waals surface area contributed by atoms with Crippen molar-refractivity contribution in [3.63, 3.8) is 0 Å². The van der Waals surface area contributed by atoms with Gasteiger partial charge in [0.25, 0.3) is 5.91 Å². The Labute approximate surface area is 199 Å². The summed E-state index contributed by atoms with van der Waals surface area (Å²) in [5.74, 6) is -0.686. The Morgan fingerprint density at radius 2 is 1.64 bits per heavy atom. The van der Waals surface area contributed by atoms with Gasteiger partial charge in [0.05, 0.1) is 21.8 Å². The molecule has 1 amide bonds. The highest BCUT2D eigenvalue weighted by Gasteiger charge is 2.34. The molecular formula is C26H30ClNO5. The van der Waals surface area contributed by atoms with Crippen LogP contribution in [0, 0.1) is 17.8 Å². The highest BCUT2D eigenvalue weighted by Crippen LogP contribution is 2.36. The molecule has 0 saturated heterocycles. The first-order valence-electron chi connectivity index (χ1n) is 11.3. The van der Waals surface area contributed by atoms with E-state index < -0.39 is 24.5 Å². The van der Waals surface area contributed by atoms with E-state index in [0.717, 1.165) is 19.3 Å². The van der Waals surface area contributed by atoms with Crippen molar-refractivity contribution in [2.45, 2.75) is 46.1 Å². The van der Waals surface area contributed by atoms with E-state index in [1.165, 1.54) is 6.07 Å². The molecule has 0 aliphatic heterocycles. The first-order chi connectivity index (χ1) is 15.8. The second kappa shape index (κ2) is 11.3. The molecule has 0 bridgehead atoms. The topological polar surface area (TPSA) is 81.7 Å². The Morgan fingerprint density at radius 3 is 2.30 bits per heavy atom. The highest BCUT2D eigenvalue weighted by atomic mass is 35.5. The zero-order valence-corrected chi connectivity index (χ0v) is 19.9. The molecule has 33 heavy (non-hydrogen) atoms. The van der Waals surface area contributed by atoms with Crippen molar-refractivity contribution in [3.05, 3.63) is 64.7 Å². The average Bonchev–Trinajstić information content (AvgIpc) is 2.79. The number of anilines is 1. The van der Waals surface area contributed by atoms with Gasteiger partial charge in [0.15, 0.2) is 6.61 Å². The van der Waals surface area contributed by atoms with Crippen molar-refractivity contribution < 1.29 is 23.9 Å². The minimum absolute atomic E-state index is 0.0676. The fraction of sp³-hybridized carbons (Fsp3) is 0.423. The minimum Gasteiger partial charge on any atom is -0.458 e. The van der Waals surface area contributed by atoms with Crippen LogP contribution in [0.15, 0.2) is 48.5 Å². The van der Waals surface area contributed by atoms with Crippen molar-refractivity contribution >= 4 is 35.1 Å². The molecule has 2 aromatic carbocycles. The van der Waals surface area contributed by atoms with Gasteiger partial charge < -0.3 is 14.8 Å². The number of carbonyl (C=O) groups is 3. The summed E-state index contributed by atoms with van der Waals surface area (Å²) in [4.78, 5) is 37.9. The zero-order valence-electron chi connectivity index (χ0n) is 19.2. The smallest absolute Gasteiger partial charge is 0.339 e. The van der Waals surface area contributed by atoms with Gasteiger partial charge in [-0.3, -0.25) is 4.79 Å². The number of benzene rings is 2. The lowest BCUT2D eigenvalue weighted by Crippen LogP contribution is -2.36. The molecule has 1 saturated carbocycles. The molecule has 3 atom stereocenters. The van der Waals surface area contributed by atoms with Gasteiger partial charge >= 0.3 is 11.9 Å². The number of rotatable bonds is 7. The van der Waals surface area contributed by atoms with E-state index in [1.807, 2.05) is 0 Å². The molecule has 0 spiro atoms. The average molecular weight is 472 g/mol. The van der Waals surface area contributed by atoms with Crippen LogP contribution in [0.3, 0.4) is 0 Å². The maximum atomic E-state index is 13.0. The molecular weight excluding hydrogens is 442 g/mol. The molecule has 176 valence electrons. The van der Waals surface area contributed by atoms with Gasteiger partial charge in [-0.05, 0) is 54.9 Å². The van der Waals surface area contributed by atoms with Crippen LogP contribution in [-0.4, -0.2) is 30.6 Å². The fourth-order valence-electron chi connectivity index (χ4n) is 4.25. The van der Waals surface area contributed by atoms with E-state index in [2.05, 4.69) is 26.1 Å². The Balaban J connectivity index is 1.65. The van der Waals surface area contributed by atoms with E-state index in [9.17, 15) is 14.4 Å². The van der Waals surface area contributed by atoms with E-state index in [4.69, 9.17) is 21.1 Å². The summed E-state index contributed by atoms with van der Waals surface area (Å²) in [6.45, 7) is 5.93. The highest BCUT2D eigenvalue weighted by molar-refractivity contribution is 6.33. The number of hydrogen-bond acceptors (Lipinski definition) is 5. The summed E-state index contributed by atoms with van der Waals surface area (Å²) in [5, 5.41) is 2.97. The standard InChI is InChI=1S/C26H30ClNO5/c1-16(2)18-13-12-17(3)14-23(18)33-26(31)20-9-5-4-8-19(20)25(30)32-15-24(29)28-22-11-7-6-10-21(22)27/h4-11,16-18,23H,12-15H2,1-3H3,(H,28,29)/t17-,18+,23+/m1/s1. The molecule has 1 aliphatic carbocycles. The largest absolute Gasteiger partial charge is 0.458 e. The number of amides is 1. The van der Waals surface area contributed by atoms with E-state index in [-0.39, 0.29) is 23.1 Å². The van der Waals surface area contributed by atoms with Gasteiger partial charge in [0.2, 0.25) is 0 Å². The van der Waals surface area contributed by atoms with Crippen LogP contribution in [0.4, 0.5) is 5.69 Å². The number of hydrogen-bond donors (Lipinski definition) is 1. The van der Waals surface area contributed by atoms with Crippen LogP contribution >= 0.6 is 11.6 Å². The summed E-state index contributed by atoms with van der Waals surface area (Å²) in [6, 6.07) is 13.1. The Kier molecular flexibility index (Phi) is 8.50. The molecule has 2 aromatic rings. The predicted octanol–water partition coefficient (Wildman–Crippen LogP) is 5.75. The first kappa shape index (κ1) is 24.8. The van der Waals surface area contributed by atoms with E-state index in [0.29, 0.717) is 22.5 Å². The van der Waals surface area contributed by atoms with Crippen LogP contribution in [0.1, 0.15) is 60.7 Å². The van der Waals surface area contributed by atoms with Gasteiger partial charge in [-0.1, -0.05) is 63.1 Å². The lowest BCUT2D eigenvalue weighted by molar-refractivity contribution is -0.119. The summed E-state index contributed by atoms with van der Waals surface area (Å²) in [6.07, 6.45) is 2.76. The second-order valence-corrected chi connectivity index (χ2v) is 9.33. The van der Waals surface area contributed by atoms with Gasteiger partial charge in [0, 0.05) is 0 Å². The minimum atomic E-state index is -0.769. The Hall–Kier alpha value is -2.86. The maximum Gasteiger partial charge on any atom is 0.339 e. The van der Waals surface area contributed by atoms with Crippen molar-refractivity contribution in [3.8, 4) is 0 Å². The molecule has 0 heterocycles. The van der Waals surface area contributed by atoms with Gasteiger partial charge in [-0.25, -0.2) is 9.59 Å². The zero-order chi connectivity index (χ0) is 24.0. The molecule has 1 aliphatic rings. The van der Waals surface area contributed by atoms with Crippen molar-refractivity contribution in [2.75, 3.05) is 11.9 Å². The number of ether oxygens (including phenoxy) is 2. The Morgan fingerprint density at radius 1 is 1.00 bits per heavy atom. The molecule has 1 N–H and O–H groups in total. The fourth-order valence-corrected chi connectivity index (χ4v) is 4.43. The predicted molar refractivity (Wildman–Crippen MR) is 127 cm³/mol. The SMILES string of the molecule is CC(C)[C@@H]1CC[C@@H](C)C[C@@H]1OC(=O)c1ccccc1C(=O)OCC(=O)Nc1ccccc1Cl. The lowest BCUT2D eigenvalue weighted by Gasteiger charge is -2.36. The molecule has 0 unspecified atom stereocenters. The monoisotopic (exact) mass is 471 g/mol. The summed E-state index contributed by atoms with van der Waals surface area (Å²) >= 11 is 6.03. The van der Waals surface area contributed by atoms with Gasteiger partial charge in [0.1, 0.15) is 6.10 Å². The van der Waals surface area contributed by atoms with E-state index in [1.54, 1.807) is 42.5 Å². The lowest BCUT2D eigenvalue weighted by atomic mass is 9.75. The summed E-state index contributed by atoms with van der Waals surface area (Å²) in [7, 11) is 0. The number of nitrogens with one attached hydrogen (secondary N) is 1. The van der Waals surface area contributed by atoms with Crippen LogP contribution in [0.5, 0.6) is 0 Å². The third kappa shape index (κ3) is 6.57. The third-order valence-electron chi connectivity index (χ3n) is 6.07. The summed E-state index contributed by atoms with van der Waals surface area (Å²) in [5.41, 5.74) is 0.623. The van der Waals surface area contributed by atoms with Crippen LogP contribution < -0.4 is 5.32 Å². The number of carbonyl (C=O) groups excluding carboxylic acids is 3. The van der Waals surface area contributed by atoms with Gasteiger partial charge in [-0.2, -0.15) is 0 Å². The molecule has 0 aromatic heterocycles. The van der Waals surface area contributed by atoms with Crippen molar-refractivity contribution in [1.29, 1.82) is 0 Å². The third-order valence-corrected chi connectivity index (χ3v) is 6.40. The molecule has 3 rings (SSSR count). The van der Waals surface area contributed by atoms with Gasteiger partial charge in [-0.15, -0.1) is 0 Å². The normalized spacial score (nSPS) is 20.2. The Bertz CT molecular complexity index is 1010. The van der Waals surface area contributed by atoms with Crippen LogP contribution in [-0.2, 0) is 14.3 Å². The molecule has 7 heteroatoms.